The quantitative estimate of drug-likeness (QED) is 0.508. The Morgan fingerprint density at radius 1 is 1.07 bits per heavy atom. The minimum absolute atomic E-state index is 0.171. The van der Waals surface area contributed by atoms with Crippen LogP contribution in [-0.2, 0) is 11.2 Å². The number of hydrogen-bond acceptors (Lipinski definition) is 7. The van der Waals surface area contributed by atoms with Crippen LogP contribution in [0.25, 0.3) is 11.3 Å². The van der Waals surface area contributed by atoms with Gasteiger partial charge in [0.2, 0.25) is 0 Å². The van der Waals surface area contributed by atoms with Crippen LogP contribution in [0.1, 0.15) is 15.2 Å². The van der Waals surface area contributed by atoms with Crippen molar-refractivity contribution >= 4 is 34.1 Å². The summed E-state index contributed by atoms with van der Waals surface area (Å²) < 4.78 is 10.6. The van der Waals surface area contributed by atoms with Crippen LogP contribution in [0.4, 0.5) is 10.8 Å². The maximum atomic E-state index is 11.3. The van der Waals surface area contributed by atoms with E-state index < -0.39 is 11.9 Å². The van der Waals surface area contributed by atoms with E-state index in [1.807, 2.05) is 0 Å². The number of rotatable bonds is 8. The molecule has 0 fully saturated rings. The normalized spacial score (nSPS) is 10.4. The van der Waals surface area contributed by atoms with Gasteiger partial charge in [-0.15, -0.1) is 11.3 Å². The third-order valence-corrected chi connectivity index (χ3v) is 5.03. The van der Waals surface area contributed by atoms with Gasteiger partial charge in [0.25, 0.3) is 0 Å². The van der Waals surface area contributed by atoms with Crippen molar-refractivity contribution in [3.63, 3.8) is 0 Å². The Balaban J connectivity index is 1.98. The van der Waals surface area contributed by atoms with Gasteiger partial charge in [-0.25, -0.2) is 9.78 Å². The van der Waals surface area contributed by atoms with Crippen molar-refractivity contribution in [1.29, 1.82) is 0 Å². The van der Waals surface area contributed by atoms with Crippen molar-refractivity contribution < 1.29 is 29.3 Å². The minimum atomic E-state index is -1.01. The zero-order valence-electron chi connectivity index (χ0n) is 15.6. The van der Waals surface area contributed by atoms with Gasteiger partial charge in [0.1, 0.15) is 11.5 Å². The largest absolute Gasteiger partial charge is 0.497 e. The maximum Gasteiger partial charge on any atom is 0.335 e. The van der Waals surface area contributed by atoms with Gasteiger partial charge in [-0.3, -0.25) is 4.79 Å². The molecule has 0 saturated carbocycles. The monoisotopic (exact) mass is 414 g/mol. The number of ether oxygens (including phenoxy) is 2. The van der Waals surface area contributed by atoms with Crippen molar-refractivity contribution in [3.05, 3.63) is 52.9 Å². The number of aliphatic carboxylic acids is 1. The molecule has 2 aromatic carbocycles. The third-order valence-electron chi connectivity index (χ3n) is 4.06. The second kappa shape index (κ2) is 8.61. The van der Waals surface area contributed by atoms with Gasteiger partial charge in [0.15, 0.2) is 5.13 Å². The summed E-state index contributed by atoms with van der Waals surface area (Å²) in [6.07, 6.45) is -0.193. The standard InChI is InChI=1S/C20H18N2O6S/c1-27-13-7-8-14(15(9-13)28-2)18-16(10-17(23)24)29-20(22-18)21-12-5-3-11(4-6-12)19(25)26/h3-9H,10H2,1-2H3,(H,21,22)(H,23,24)(H,25,26). The molecule has 0 radical (unpaired) electrons. The van der Waals surface area contributed by atoms with Gasteiger partial charge < -0.3 is 25.0 Å². The van der Waals surface area contributed by atoms with E-state index in [1.54, 1.807) is 37.4 Å². The number of thiazole rings is 1. The summed E-state index contributed by atoms with van der Waals surface area (Å²) >= 11 is 1.21. The molecule has 0 unspecified atom stereocenters. The van der Waals surface area contributed by atoms with Crippen molar-refractivity contribution in [2.75, 3.05) is 19.5 Å². The van der Waals surface area contributed by atoms with Gasteiger partial charge in [0, 0.05) is 22.2 Å². The predicted octanol–water partition coefficient (Wildman–Crippen LogP) is 3.90. The van der Waals surface area contributed by atoms with Crippen LogP contribution in [0.2, 0.25) is 0 Å². The minimum Gasteiger partial charge on any atom is -0.497 e. The van der Waals surface area contributed by atoms with Crippen LogP contribution < -0.4 is 14.8 Å². The number of nitrogens with one attached hydrogen (secondary N) is 1. The molecule has 8 nitrogen and oxygen atoms in total. The molecule has 29 heavy (non-hydrogen) atoms. The lowest BCUT2D eigenvalue weighted by Crippen LogP contribution is -2.00. The van der Waals surface area contributed by atoms with E-state index in [0.717, 1.165) is 0 Å². The first kappa shape index (κ1) is 20.2. The lowest BCUT2D eigenvalue weighted by Gasteiger charge is -2.09. The summed E-state index contributed by atoms with van der Waals surface area (Å²) in [7, 11) is 3.06. The van der Waals surface area contributed by atoms with E-state index >= 15 is 0 Å². The number of nitrogens with zero attached hydrogens (tertiary/aromatic N) is 1. The molecule has 3 rings (SSSR count). The van der Waals surface area contributed by atoms with Crippen LogP contribution in [0.15, 0.2) is 42.5 Å². The average molecular weight is 414 g/mol. The van der Waals surface area contributed by atoms with Crippen LogP contribution in [-0.4, -0.2) is 41.4 Å². The van der Waals surface area contributed by atoms with E-state index in [0.29, 0.717) is 38.5 Å². The summed E-state index contributed by atoms with van der Waals surface area (Å²) in [5, 5.41) is 21.8. The molecule has 0 aliphatic heterocycles. The topological polar surface area (TPSA) is 118 Å². The molecule has 1 aromatic heterocycles. The second-order valence-corrected chi connectivity index (χ2v) is 7.02. The van der Waals surface area contributed by atoms with Crippen molar-refractivity contribution in [2.24, 2.45) is 0 Å². The second-order valence-electron chi connectivity index (χ2n) is 5.94. The average Bonchev–Trinajstić information content (AvgIpc) is 3.08. The van der Waals surface area contributed by atoms with Crippen LogP contribution >= 0.6 is 11.3 Å². The summed E-state index contributed by atoms with van der Waals surface area (Å²) in [6.45, 7) is 0. The molecule has 150 valence electrons. The Bertz CT molecular complexity index is 1050. The molecule has 0 atom stereocenters. The highest BCUT2D eigenvalue weighted by atomic mass is 32.1. The molecule has 0 aliphatic rings. The fourth-order valence-electron chi connectivity index (χ4n) is 2.69. The molecule has 0 spiro atoms. The highest BCUT2D eigenvalue weighted by Crippen LogP contribution is 2.39. The zero-order valence-corrected chi connectivity index (χ0v) is 16.4. The molecule has 9 heteroatoms. The Kier molecular flexibility index (Phi) is 5.99. The smallest absolute Gasteiger partial charge is 0.335 e. The Hall–Kier alpha value is -3.59. The number of methoxy groups -OCH3 is 2. The van der Waals surface area contributed by atoms with E-state index in [9.17, 15) is 14.7 Å². The molecule has 0 aliphatic carbocycles. The van der Waals surface area contributed by atoms with Crippen LogP contribution in [0, 0.1) is 0 Å². The SMILES string of the molecule is COc1ccc(-c2nc(Nc3ccc(C(=O)O)cc3)sc2CC(=O)O)c(OC)c1. The molecule has 0 amide bonds. The molecule has 0 saturated heterocycles. The van der Waals surface area contributed by atoms with Gasteiger partial charge in [-0.2, -0.15) is 0 Å². The first-order chi connectivity index (χ1) is 13.9. The number of carboxylic acid groups (broad SMARTS) is 2. The Morgan fingerprint density at radius 3 is 2.38 bits per heavy atom. The fourth-order valence-corrected chi connectivity index (χ4v) is 3.67. The fraction of sp³-hybridized carbons (Fsp3) is 0.150. The highest BCUT2D eigenvalue weighted by molar-refractivity contribution is 7.16. The number of carboxylic acids is 2. The summed E-state index contributed by atoms with van der Waals surface area (Å²) in [6, 6.07) is 11.4. The van der Waals surface area contributed by atoms with Crippen molar-refractivity contribution in [1.82, 2.24) is 4.98 Å². The first-order valence-corrected chi connectivity index (χ1v) is 9.27. The van der Waals surface area contributed by atoms with Gasteiger partial charge in [0.05, 0.1) is 31.9 Å². The van der Waals surface area contributed by atoms with Gasteiger partial charge in [-0.05, 0) is 36.4 Å². The lowest BCUT2D eigenvalue weighted by atomic mass is 10.1. The highest BCUT2D eigenvalue weighted by Gasteiger charge is 2.19. The zero-order chi connectivity index (χ0) is 21.0. The van der Waals surface area contributed by atoms with E-state index in [1.165, 1.54) is 30.6 Å². The summed E-state index contributed by atoms with van der Waals surface area (Å²) in [5.41, 5.74) is 1.96. The van der Waals surface area contributed by atoms with Crippen molar-refractivity contribution in [2.45, 2.75) is 6.42 Å². The molecule has 0 bridgehead atoms. The molecular weight excluding hydrogens is 396 g/mol. The van der Waals surface area contributed by atoms with E-state index in [-0.39, 0.29) is 12.0 Å². The Labute approximate surface area is 170 Å². The van der Waals surface area contributed by atoms with Crippen molar-refractivity contribution in [3.8, 4) is 22.8 Å². The van der Waals surface area contributed by atoms with Gasteiger partial charge in [-0.1, -0.05) is 0 Å². The number of anilines is 2. The van der Waals surface area contributed by atoms with Crippen LogP contribution in [0.5, 0.6) is 11.5 Å². The Morgan fingerprint density at radius 2 is 1.79 bits per heavy atom. The number of carbonyl (C=O) groups is 2. The predicted molar refractivity (Wildman–Crippen MR) is 109 cm³/mol. The summed E-state index contributed by atoms with van der Waals surface area (Å²) in [4.78, 5) is 27.4. The molecule has 3 N–H and O–H groups in total. The number of hydrogen-bond donors (Lipinski definition) is 3. The first-order valence-electron chi connectivity index (χ1n) is 8.45. The summed E-state index contributed by atoms with van der Waals surface area (Å²) in [5.74, 6) is -0.862. The third kappa shape index (κ3) is 4.64. The van der Waals surface area contributed by atoms with Gasteiger partial charge >= 0.3 is 11.9 Å². The molecule has 1 heterocycles. The molecular formula is C20H18N2O6S. The van der Waals surface area contributed by atoms with E-state index in [2.05, 4.69) is 10.3 Å². The van der Waals surface area contributed by atoms with E-state index in [4.69, 9.17) is 14.6 Å². The number of aromatic nitrogens is 1. The van der Waals surface area contributed by atoms with Crippen LogP contribution in [0.3, 0.4) is 0 Å². The number of benzene rings is 2. The number of aromatic carboxylic acids is 1. The molecule has 3 aromatic rings. The lowest BCUT2D eigenvalue weighted by molar-refractivity contribution is -0.136. The maximum absolute atomic E-state index is 11.3.